The summed E-state index contributed by atoms with van der Waals surface area (Å²) in [5, 5.41) is 0. The molecule has 15 heavy (non-hydrogen) atoms. The van der Waals surface area contributed by atoms with Crippen LogP contribution in [-0.4, -0.2) is 5.78 Å². The van der Waals surface area contributed by atoms with Crippen molar-refractivity contribution in [1.29, 1.82) is 0 Å². The molecule has 0 aliphatic carbocycles. The van der Waals surface area contributed by atoms with E-state index in [1.54, 1.807) is 12.1 Å². The second kappa shape index (κ2) is 3.98. The van der Waals surface area contributed by atoms with Gasteiger partial charge in [-0.3, -0.25) is 4.79 Å². The number of hydrogen-bond donors (Lipinski definition) is 0. The third-order valence-corrected chi connectivity index (χ3v) is 2.57. The van der Waals surface area contributed by atoms with Crippen LogP contribution in [0.5, 0.6) is 0 Å². The van der Waals surface area contributed by atoms with Crippen molar-refractivity contribution in [3.8, 4) is 0 Å². The maximum absolute atomic E-state index is 13.3. The van der Waals surface area contributed by atoms with E-state index in [2.05, 4.69) is 15.9 Å². The average Bonchev–Trinajstić information content (AvgIpc) is 2.64. The summed E-state index contributed by atoms with van der Waals surface area (Å²) < 4.78 is 18.8. The van der Waals surface area contributed by atoms with Gasteiger partial charge in [0.05, 0.1) is 16.3 Å². The van der Waals surface area contributed by atoms with Crippen molar-refractivity contribution in [2.24, 2.45) is 0 Å². The topological polar surface area (TPSA) is 30.2 Å². The maximum atomic E-state index is 13.3. The van der Waals surface area contributed by atoms with E-state index < -0.39 is 11.6 Å². The van der Waals surface area contributed by atoms with E-state index in [4.69, 9.17) is 4.42 Å². The molecule has 0 bridgehead atoms. The Morgan fingerprint density at radius 2 is 2.00 bits per heavy atom. The highest BCUT2D eigenvalue weighted by Crippen LogP contribution is 2.22. The van der Waals surface area contributed by atoms with Crippen LogP contribution in [0.3, 0.4) is 0 Å². The highest BCUT2D eigenvalue weighted by atomic mass is 79.9. The Balaban J connectivity index is 2.46. The molecule has 0 unspecified atom stereocenters. The number of carbonyl (C=O) groups is 1. The zero-order valence-electron chi connectivity index (χ0n) is 7.54. The van der Waals surface area contributed by atoms with Crippen LogP contribution in [0.1, 0.15) is 16.1 Å². The van der Waals surface area contributed by atoms with E-state index in [1.165, 1.54) is 24.5 Å². The Labute approximate surface area is 93.8 Å². The molecule has 0 saturated carbocycles. The number of rotatable bonds is 2. The van der Waals surface area contributed by atoms with E-state index in [0.717, 1.165) is 0 Å². The van der Waals surface area contributed by atoms with Gasteiger partial charge in [0.25, 0.3) is 0 Å². The van der Waals surface area contributed by atoms with Crippen molar-refractivity contribution in [2.45, 2.75) is 0 Å². The van der Waals surface area contributed by atoms with Gasteiger partial charge >= 0.3 is 0 Å². The molecule has 4 heteroatoms. The maximum Gasteiger partial charge on any atom is 0.232 e. The predicted molar refractivity (Wildman–Crippen MR) is 56.2 cm³/mol. The zero-order chi connectivity index (χ0) is 10.8. The van der Waals surface area contributed by atoms with Crippen LogP contribution in [-0.2, 0) is 0 Å². The van der Waals surface area contributed by atoms with Crippen molar-refractivity contribution < 1.29 is 13.6 Å². The molecule has 0 spiro atoms. The van der Waals surface area contributed by atoms with Gasteiger partial charge in [0.2, 0.25) is 5.78 Å². The fourth-order valence-corrected chi connectivity index (χ4v) is 1.60. The SMILES string of the molecule is O=C(c1ccccc1F)c1occc1Br. The van der Waals surface area contributed by atoms with E-state index in [-0.39, 0.29) is 11.3 Å². The first-order valence-corrected chi connectivity index (χ1v) is 5.01. The molecule has 1 aromatic carbocycles. The third kappa shape index (κ3) is 1.85. The number of halogens is 2. The molecule has 0 radical (unpaired) electrons. The monoisotopic (exact) mass is 268 g/mol. The summed E-state index contributed by atoms with van der Waals surface area (Å²) in [7, 11) is 0. The number of carbonyl (C=O) groups excluding carboxylic acids is 1. The largest absolute Gasteiger partial charge is 0.460 e. The second-order valence-electron chi connectivity index (χ2n) is 2.91. The van der Waals surface area contributed by atoms with Crippen molar-refractivity contribution in [3.63, 3.8) is 0 Å². The van der Waals surface area contributed by atoms with Gasteiger partial charge in [0.1, 0.15) is 5.82 Å². The van der Waals surface area contributed by atoms with E-state index in [1.807, 2.05) is 0 Å². The summed E-state index contributed by atoms with van der Waals surface area (Å²) in [6.45, 7) is 0. The van der Waals surface area contributed by atoms with Crippen LogP contribution in [0.2, 0.25) is 0 Å². The second-order valence-corrected chi connectivity index (χ2v) is 3.76. The van der Waals surface area contributed by atoms with Crippen LogP contribution >= 0.6 is 15.9 Å². The quantitative estimate of drug-likeness (QED) is 0.782. The Morgan fingerprint density at radius 1 is 1.27 bits per heavy atom. The number of benzene rings is 1. The summed E-state index contributed by atoms with van der Waals surface area (Å²) in [5.41, 5.74) is 0.00755. The smallest absolute Gasteiger partial charge is 0.232 e. The molecule has 0 amide bonds. The Bertz CT molecular complexity index is 505. The van der Waals surface area contributed by atoms with Gasteiger partial charge in [-0.1, -0.05) is 12.1 Å². The fraction of sp³-hybridized carbons (Fsp3) is 0. The summed E-state index contributed by atoms with van der Waals surface area (Å²) in [5.74, 6) is -0.907. The molecule has 2 aromatic rings. The van der Waals surface area contributed by atoms with E-state index in [9.17, 15) is 9.18 Å². The molecule has 76 valence electrons. The average molecular weight is 269 g/mol. The first kappa shape index (κ1) is 10.1. The van der Waals surface area contributed by atoms with Gasteiger partial charge in [-0.25, -0.2) is 4.39 Å². The Hall–Kier alpha value is -1.42. The van der Waals surface area contributed by atoms with Gasteiger partial charge in [-0.05, 0) is 34.1 Å². The number of hydrogen-bond acceptors (Lipinski definition) is 2. The van der Waals surface area contributed by atoms with Crippen LogP contribution in [0.15, 0.2) is 45.5 Å². The first-order valence-electron chi connectivity index (χ1n) is 4.22. The number of furan rings is 1. The van der Waals surface area contributed by atoms with Gasteiger partial charge in [-0.2, -0.15) is 0 Å². The number of ketones is 1. The lowest BCUT2D eigenvalue weighted by Crippen LogP contribution is -2.03. The molecule has 0 saturated heterocycles. The normalized spacial score (nSPS) is 10.3. The molecule has 0 atom stereocenters. The van der Waals surface area contributed by atoms with Crippen LogP contribution < -0.4 is 0 Å². The highest BCUT2D eigenvalue weighted by molar-refractivity contribution is 9.10. The van der Waals surface area contributed by atoms with Gasteiger partial charge in [-0.15, -0.1) is 0 Å². The minimum Gasteiger partial charge on any atom is -0.460 e. The van der Waals surface area contributed by atoms with E-state index >= 15 is 0 Å². The first-order chi connectivity index (χ1) is 7.20. The molecule has 1 aromatic heterocycles. The molecule has 2 rings (SSSR count). The molecule has 0 N–H and O–H groups in total. The molecular formula is C11H6BrFO2. The lowest BCUT2D eigenvalue weighted by Gasteiger charge is -1.99. The van der Waals surface area contributed by atoms with Crippen LogP contribution in [0, 0.1) is 5.82 Å². The zero-order valence-corrected chi connectivity index (χ0v) is 9.12. The van der Waals surface area contributed by atoms with Gasteiger partial charge in [0, 0.05) is 0 Å². The third-order valence-electron chi connectivity index (χ3n) is 1.94. The molecular weight excluding hydrogens is 263 g/mol. The van der Waals surface area contributed by atoms with Crippen molar-refractivity contribution in [1.82, 2.24) is 0 Å². The summed E-state index contributed by atoms with van der Waals surface area (Å²) in [6, 6.07) is 7.39. The Kier molecular flexibility index (Phi) is 2.68. The van der Waals surface area contributed by atoms with Crippen LogP contribution in [0.25, 0.3) is 0 Å². The summed E-state index contributed by atoms with van der Waals surface area (Å²) in [4.78, 5) is 11.8. The molecule has 1 heterocycles. The van der Waals surface area contributed by atoms with Gasteiger partial charge in [0.15, 0.2) is 5.76 Å². The fourth-order valence-electron chi connectivity index (χ4n) is 1.22. The van der Waals surface area contributed by atoms with Crippen molar-refractivity contribution >= 4 is 21.7 Å². The predicted octanol–water partition coefficient (Wildman–Crippen LogP) is 3.41. The summed E-state index contributed by atoms with van der Waals surface area (Å²) in [6.07, 6.45) is 1.37. The highest BCUT2D eigenvalue weighted by Gasteiger charge is 2.18. The van der Waals surface area contributed by atoms with Crippen molar-refractivity contribution in [3.05, 3.63) is 58.2 Å². The van der Waals surface area contributed by atoms with Crippen LogP contribution in [0.4, 0.5) is 4.39 Å². The van der Waals surface area contributed by atoms with Gasteiger partial charge < -0.3 is 4.42 Å². The molecule has 0 aliphatic rings. The lowest BCUT2D eigenvalue weighted by molar-refractivity contribution is 0.100. The molecule has 0 fully saturated rings. The minimum absolute atomic E-state index is 0.00755. The molecule has 0 aliphatic heterocycles. The lowest BCUT2D eigenvalue weighted by atomic mass is 10.1. The van der Waals surface area contributed by atoms with E-state index in [0.29, 0.717) is 4.47 Å². The Morgan fingerprint density at radius 3 is 2.60 bits per heavy atom. The standard InChI is InChI=1S/C11H6BrFO2/c12-8-5-6-15-11(8)10(14)7-3-1-2-4-9(7)13/h1-6H. The molecule has 2 nitrogen and oxygen atoms in total. The van der Waals surface area contributed by atoms with Crippen molar-refractivity contribution in [2.75, 3.05) is 0 Å². The summed E-state index contributed by atoms with van der Waals surface area (Å²) >= 11 is 3.15. The minimum atomic E-state index is -0.550.